The van der Waals surface area contributed by atoms with Crippen molar-refractivity contribution in [1.29, 1.82) is 0 Å². The third kappa shape index (κ3) is 4.77. The minimum absolute atomic E-state index is 0.103. The van der Waals surface area contributed by atoms with Crippen molar-refractivity contribution in [3.63, 3.8) is 0 Å². The van der Waals surface area contributed by atoms with E-state index in [2.05, 4.69) is 15.3 Å². The summed E-state index contributed by atoms with van der Waals surface area (Å²) >= 11 is 0.807. The number of primary sulfonamides is 1. The van der Waals surface area contributed by atoms with Gasteiger partial charge in [-0.3, -0.25) is 0 Å². The van der Waals surface area contributed by atoms with Crippen molar-refractivity contribution < 1.29 is 26.3 Å². The molecule has 0 aliphatic rings. The summed E-state index contributed by atoms with van der Waals surface area (Å²) in [6.07, 6.45) is -2.28. The van der Waals surface area contributed by atoms with Gasteiger partial charge in [0.2, 0.25) is 15.9 Å². The summed E-state index contributed by atoms with van der Waals surface area (Å²) in [4.78, 5) is 7.33. The van der Waals surface area contributed by atoms with Crippen molar-refractivity contribution in [1.82, 2.24) is 9.97 Å². The monoisotopic (exact) mass is 368 g/mol. The van der Waals surface area contributed by atoms with Gasteiger partial charge in [-0.1, -0.05) is 11.3 Å². The number of hydrogen-bond acceptors (Lipinski definition) is 7. The lowest BCUT2D eigenvalue weighted by molar-refractivity contribution is -0.139. The van der Waals surface area contributed by atoms with Gasteiger partial charge in [-0.15, -0.1) is 0 Å². The Kier molecular flexibility index (Phi) is 5.06. The Morgan fingerprint density at radius 1 is 1.35 bits per heavy atom. The number of ether oxygens (including phenoxy) is 1. The van der Waals surface area contributed by atoms with Crippen LogP contribution in [0.1, 0.15) is 5.56 Å². The first-order valence-electron chi connectivity index (χ1n) is 6.05. The molecular formula is C11H11F3N4O3S2. The van der Waals surface area contributed by atoms with Crippen LogP contribution in [0.2, 0.25) is 0 Å². The zero-order valence-electron chi connectivity index (χ0n) is 11.4. The molecule has 0 atom stereocenters. The average Bonchev–Trinajstić information content (AvgIpc) is 2.92. The maximum absolute atomic E-state index is 12.7. The molecule has 0 aliphatic heterocycles. The van der Waals surface area contributed by atoms with Gasteiger partial charge in [0.15, 0.2) is 9.34 Å². The van der Waals surface area contributed by atoms with Gasteiger partial charge >= 0.3 is 6.18 Å². The molecule has 2 heterocycles. The van der Waals surface area contributed by atoms with E-state index in [4.69, 9.17) is 9.88 Å². The van der Waals surface area contributed by atoms with E-state index in [0.29, 0.717) is 0 Å². The fourth-order valence-electron chi connectivity index (χ4n) is 1.50. The van der Waals surface area contributed by atoms with Gasteiger partial charge in [0.1, 0.15) is 12.2 Å². The highest BCUT2D eigenvalue weighted by molar-refractivity contribution is 7.91. The van der Waals surface area contributed by atoms with E-state index >= 15 is 0 Å². The van der Waals surface area contributed by atoms with E-state index in [1.807, 2.05) is 0 Å². The molecule has 0 aliphatic carbocycles. The third-order valence-corrected chi connectivity index (χ3v) is 4.82. The normalized spacial score (nSPS) is 12.2. The first-order valence-corrected chi connectivity index (χ1v) is 8.42. The quantitative estimate of drug-likeness (QED) is 0.752. The second kappa shape index (κ2) is 6.68. The van der Waals surface area contributed by atoms with Gasteiger partial charge in [-0.25, -0.2) is 23.5 Å². The van der Waals surface area contributed by atoms with E-state index in [-0.39, 0.29) is 22.5 Å². The van der Waals surface area contributed by atoms with Gasteiger partial charge in [-0.05, 0) is 12.1 Å². The van der Waals surface area contributed by atoms with Crippen LogP contribution in [0.3, 0.4) is 0 Å². The number of aromatic nitrogens is 2. The fraction of sp³-hybridized carbons (Fsp3) is 0.273. The van der Waals surface area contributed by atoms with Crippen LogP contribution in [0.25, 0.3) is 0 Å². The molecule has 2 rings (SSSR count). The standard InChI is InChI=1S/C11H11F3N4O3S2/c12-11(13,14)7-2-1-3-16-9(7)21-5-4-17-10-18-6-8(22-10)23(15,19)20/h1-3,6H,4-5H2,(H,17,18)(H2,15,19,20). The molecule has 2 aromatic heterocycles. The number of halogens is 3. The van der Waals surface area contributed by atoms with Crippen molar-refractivity contribution >= 4 is 26.5 Å². The lowest BCUT2D eigenvalue weighted by Gasteiger charge is -2.12. The maximum atomic E-state index is 12.7. The molecule has 0 bridgehead atoms. The Hall–Kier alpha value is -1.92. The molecule has 0 aromatic carbocycles. The van der Waals surface area contributed by atoms with Gasteiger partial charge in [0.05, 0.1) is 12.7 Å². The molecule has 0 spiro atoms. The summed E-state index contributed by atoms with van der Waals surface area (Å²) in [5.41, 5.74) is -0.967. The largest absolute Gasteiger partial charge is 0.475 e. The van der Waals surface area contributed by atoms with E-state index < -0.39 is 27.6 Å². The van der Waals surface area contributed by atoms with E-state index in [0.717, 1.165) is 29.7 Å². The van der Waals surface area contributed by atoms with Crippen molar-refractivity contribution in [2.24, 2.45) is 5.14 Å². The SMILES string of the molecule is NS(=O)(=O)c1cnc(NCCOc2ncccc2C(F)(F)F)s1. The summed E-state index contributed by atoms with van der Waals surface area (Å²) in [6.45, 7) is -0.0180. The number of alkyl halides is 3. The molecule has 12 heteroatoms. The molecule has 0 fully saturated rings. The minimum Gasteiger partial charge on any atom is -0.475 e. The Labute approximate surface area is 133 Å². The predicted octanol–water partition coefficient (Wildman–Crippen LogP) is 1.70. The summed E-state index contributed by atoms with van der Waals surface area (Å²) in [7, 11) is -3.83. The zero-order chi connectivity index (χ0) is 17.1. The topological polar surface area (TPSA) is 107 Å². The Morgan fingerprint density at radius 3 is 2.70 bits per heavy atom. The first-order chi connectivity index (χ1) is 10.7. The van der Waals surface area contributed by atoms with Gasteiger partial charge < -0.3 is 10.1 Å². The molecule has 0 saturated carbocycles. The molecule has 126 valence electrons. The minimum atomic E-state index is -4.56. The second-order valence-electron chi connectivity index (χ2n) is 4.16. The van der Waals surface area contributed by atoms with E-state index in [1.54, 1.807) is 0 Å². The van der Waals surface area contributed by atoms with Crippen LogP contribution in [0.5, 0.6) is 5.88 Å². The fourth-order valence-corrected chi connectivity index (χ4v) is 2.98. The molecular weight excluding hydrogens is 357 g/mol. The average molecular weight is 368 g/mol. The number of rotatable bonds is 6. The van der Waals surface area contributed by atoms with Crippen LogP contribution in [0.4, 0.5) is 18.3 Å². The number of nitrogens with one attached hydrogen (secondary N) is 1. The van der Waals surface area contributed by atoms with Gasteiger partial charge in [0, 0.05) is 6.20 Å². The molecule has 2 aromatic rings. The number of anilines is 1. The second-order valence-corrected chi connectivity index (χ2v) is 6.98. The highest BCUT2D eigenvalue weighted by Gasteiger charge is 2.34. The van der Waals surface area contributed by atoms with Crippen LogP contribution >= 0.6 is 11.3 Å². The molecule has 0 unspecified atom stereocenters. The molecule has 0 radical (unpaired) electrons. The van der Waals surface area contributed by atoms with E-state index in [9.17, 15) is 21.6 Å². The van der Waals surface area contributed by atoms with Crippen LogP contribution in [-0.4, -0.2) is 31.5 Å². The molecule has 7 nitrogen and oxygen atoms in total. The highest BCUT2D eigenvalue weighted by atomic mass is 32.2. The first kappa shape index (κ1) is 17.4. The van der Waals surface area contributed by atoms with Gasteiger partial charge in [-0.2, -0.15) is 13.2 Å². The lowest BCUT2D eigenvalue weighted by atomic mass is 10.2. The number of hydrogen-bond donors (Lipinski definition) is 2. The number of sulfonamides is 1. The smallest absolute Gasteiger partial charge is 0.421 e. The number of nitrogens with two attached hydrogens (primary N) is 1. The number of nitrogens with zero attached hydrogens (tertiary/aromatic N) is 2. The van der Waals surface area contributed by atoms with Crippen LogP contribution in [0, 0.1) is 0 Å². The Morgan fingerprint density at radius 2 is 2.09 bits per heavy atom. The molecule has 0 amide bonds. The molecule has 23 heavy (non-hydrogen) atoms. The Balaban J connectivity index is 1.90. The zero-order valence-corrected chi connectivity index (χ0v) is 13.0. The van der Waals surface area contributed by atoms with Crippen LogP contribution in [-0.2, 0) is 16.2 Å². The molecule has 0 saturated heterocycles. The number of thiazole rings is 1. The van der Waals surface area contributed by atoms with Crippen molar-refractivity contribution in [3.8, 4) is 5.88 Å². The third-order valence-electron chi connectivity index (χ3n) is 2.46. The molecule has 3 N–H and O–H groups in total. The van der Waals surface area contributed by atoms with Crippen molar-refractivity contribution in [2.45, 2.75) is 10.4 Å². The highest BCUT2D eigenvalue weighted by Crippen LogP contribution is 2.34. The predicted molar refractivity (Wildman–Crippen MR) is 76.7 cm³/mol. The summed E-state index contributed by atoms with van der Waals surface area (Å²) < 4.78 is 65.2. The summed E-state index contributed by atoms with van der Waals surface area (Å²) in [5.74, 6) is -0.522. The Bertz CT molecular complexity index is 777. The lowest BCUT2D eigenvalue weighted by Crippen LogP contribution is -2.15. The maximum Gasteiger partial charge on any atom is 0.421 e. The van der Waals surface area contributed by atoms with Crippen LogP contribution in [0.15, 0.2) is 28.7 Å². The van der Waals surface area contributed by atoms with Crippen molar-refractivity contribution in [2.75, 3.05) is 18.5 Å². The van der Waals surface area contributed by atoms with Gasteiger partial charge in [0.25, 0.3) is 0 Å². The number of pyridine rings is 1. The summed E-state index contributed by atoms with van der Waals surface area (Å²) in [5, 5.41) is 7.91. The van der Waals surface area contributed by atoms with E-state index in [1.165, 1.54) is 6.20 Å². The van der Waals surface area contributed by atoms with Crippen molar-refractivity contribution in [3.05, 3.63) is 30.1 Å². The summed E-state index contributed by atoms with van der Waals surface area (Å²) in [6, 6.07) is 2.03. The van der Waals surface area contributed by atoms with Crippen LogP contribution < -0.4 is 15.2 Å².